The molecule has 0 unspecified atom stereocenters. The molecule has 0 saturated carbocycles. The molecule has 0 radical (unpaired) electrons. The summed E-state index contributed by atoms with van der Waals surface area (Å²) in [4.78, 5) is 0. The van der Waals surface area contributed by atoms with Crippen molar-refractivity contribution in [2.45, 2.75) is 13.8 Å². The quantitative estimate of drug-likeness (QED) is 0.157. The molecular weight excluding hydrogens is 440 g/mol. The number of hydrogen-bond acceptors (Lipinski definition) is 0. The Kier molecular flexibility index (Phi) is 6.51. The molecule has 0 bridgehead atoms. The second kappa shape index (κ2) is 9.46. The van der Waals surface area contributed by atoms with Gasteiger partial charge in [0.25, 0.3) is 0 Å². The van der Waals surface area contributed by atoms with Gasteiger partial charge in [-0.15, -0.1) is 52.6 Å². The predicted molar refractivity (Wildman–Crippen MR) is 130 cm³/mol. The number of rotatable bonds is 0. The molecule has 6 rings (SSSR count). The molecule has 0 amide bonds. The molecule has 144 valence electrons. The third-order valence-corrected chi connectivity index (χ3v) is 5.07. The van der Waals surface area contributed by atoms with E-state index in [0.29, 0.717) is 0 Å². The first-order valence-corrected chi connectivity index (χ1v) is 11.4. The van der Waals surface area contributed by atoms with E-state index in [0.717, 1.165) is 0 Å². The predicted octanol–water partition coefficient (Wildman–Crippen LogP) is 8.17. The second-order valence-electron chi connectivity index (χ2n) is 7.63. The largest absolute Gasteiger partial charge is 0.168 e. The van der Waals surface area contributed by atoms with Crippen LogP contribution in [0.15, 0.2) is 109 Å². The summed E-state index contributed by atoms with van der Waals surface area (Å²) in [6, 6.07) is 38.6. The van der Waals surface area contributed by atoms with Crippen LogP contribution in [-0.4, -0.2) is 3.21 Å². The van der Waals surface area contributed by atoms with Crippen LogP contribution in [0.3, 0.4) is 0 Å². The van der Waals surface area contributed by atoms with Crippen molar-refractivity contribution < 1.29 is 24.2 Å². The Morgan fingerprint density at radius 1 is 0.600 bits per heavy atom. The van der Waals surface area contributed by atoms with Gasteiger partial charge in [-0.2, -0.15) is 29.7 Å². The second-order valence-corrected chi connectivity index (χ2v) is 10.1. The fourth-order valence-electron chi connectivity index (χ4n) is 3.78. The van der Waals surface area contributed by atoms with Crippen LogP contribution in [0.1, 0.15) is 13.8 Å². The van der Waals surface area contributed by atoms with Crippen LogP contribution in [0.4, 0.5) is 0 Å². The van der Waals surface area contributed by atoms with E-state index in [1.807, 2.05) is 0 Å². The molecule has 0 aliphatic carbocycles. The zero-order chi connectivity index (χ0) is 20.9. The minimum Gasteiger partial charge on any atom is -0.168 e. The van der Waals surface area contributed by atoms with E-state index in [1.165, 1.54) is 46.3 Å². The van der Waals surface area contributed by atoms with E-state index in [9.17, 15) is 0 Å². The maximum absolute atomic E-state index is 2.21. The molecule has 0 atom stereocenters. The molecule has 30 heavy (non-hydrogen) atoms. The summed E-state index contributed by atoms with van der Waals surface area (Å²) in [5.41, 5.74) is 0. The Morgan fingerprint density at radius 3 is 1.93 bits per heavy atom. The average Bonchev–Trinajstić information content (AvgIpc) is 3.42. The zero-order valence-electron chi connectivity index (χ0n) is 17.4. The fourth-order valence-corrected chi connectivity index (χ4v) is 3.78. The standard InChI is InChI=1S/C17H11.C9H7.C3H6.Zr/c1-2-6-15-12(4-1)8-10-14-11-9-13-5-3-7-16(13)17(14)15;1-2-5-9-7-3-6-8(9)4-1;1-3-2;/h1-11H;1-7H;1-2H3;/q2*-1;;+2. The van der Waals surface area contributed by atoms with Crippen molar-refractivity contribution in [3.05, 3.63) is 109 Å². The van der Waals surface area contributed by atoms with E-state index in [-0.39, 0.29) is 0 Å². The van der Waals surface area contributed by atoms with Crippen molar-refractivity contribution in [3.63, 3.8) is 0 Å². The van der Waals surface area contributed by atoms with Crippen molar-refractivity contribution in [1.82, 2.24) is 0 Å². The van der Waals surface area contributed by atoms with Gasteiger partial charge in [-0.25, -0.2) is 0 Å². The number of benzene rings is 4. The molecule has 6 aromatic rings. The summed E-state index contributed by atoms with van der Waals surface area (Å²) in [5, 5.41) is 10.7. The maximum atomic E-state index is 2.21. The van der Waals surface area contributed by atoms with E-state index >= 15 is 0 Å². The molecule has 0 fully saturated rings. The van der Waals surface area contributed by atoms with Crippen molar-refractivity contribution in [3.8, 4) is 0 Å². The third-order valence-electron chi connectivity index (χ3n) is 5.07. The van der Waals surface area contributed by atoms with Gasteiger partial charge in [0, 0.05) is 0 Å². The fraction of sp³-hybridized carbons (Fsp3) is 0.0690. The van der Waals surface area contributed by atoms with Crippen LogP contribution in [0.2, 0.25) is 0 Å². The molecule has 1 heteroatoms. The van der Waals surface area contributed by atoms with E-state index in [1.54, 1.807) is 24.2 Å². The summed E-state index contributed by atoms with van der Waals surface area (Å²) in [6.07, 6.45) is 0. The molecule has 0 heterocycles. The molecule has 0 spiro atoms. The van der Waals surface area contributed by atoms with Crippen molar-refractivity contribution in [2.75, 3.05) is 0 Å². The van der Waals surface area contributed by atoms with E-state index < -0.39 is 0 Å². The average molecular weight is 464 g/mol. The van der Waals surface area contributed by atoms with Crippen LogP contribution >= 0.6 is 0 Å². The van der Waals surface area contributed by atoms with E-state index in [4.69, 9.17) is 0 Å². The topological polar surface area (TPSA) is 0 Å². The normalized spacial score (nSPS) is 10.5. The smallest absolute Gasteiger partial charge is 0.0271 e. The molecule has 0 N–H and O–H groups in total. The summed E-state index contributed by atoms with van der Waals surface area (Å²) >= 11 is 1.55. The van der Waals surface area contributed by atoms with Crippen LogP contribution in [0, 0.1) is 0 Å². The van der Waals surface area contributed by atoms with E-state index in [2.05, 4.69) is 123 Å². The maximum Gasteiger partial charge on any atom is -0.0271 e. The van der Waals surface area contributed by atoms with Crippen molar-refractivity contribution in [1.29, 1.82) is 0 Å². The Morgan fingerprint density at radius 2 is 1.17 bits per heavy atom. The minimum absolute atomic E-state index is 1.31. The van der Waals surface area contributed by atoms with Gasteiger partial charge >= 0.3 is 41.3 Å². The van der Waals surface area contributed by atoms with Gasteiger partial charge in [-0.1, -0.05) is 64.7 Å². The SMILES string of the molecule is C[C](C)=[Zr+2].c1ccc2[cH-]ccc2c1.c1ccc2c(c1)ccc1ccc3cc[cH-]c3c12. The monoisotopic (exact) mass is 462 g/mol. The first kappa shape index (κ1) is 20.6. The van der Waals surface area contributed by atoms with Crippen molar-refractivity contribution >= 4 is 46.3 Å². The molecule has 0 aromatic heterocycles. The van der Waals surface area contributed by atoms with Crippen LogP contribution in [0.25, 0.3) is 43.1 Å². The molecule has 0 aliphatic rings. The van der Waals surface area contributed by atoms with Crippen LogP contribution < -0.4 is 0 Å². The number of fused-ring (bicyclic) bond motifs is 6. The van der Waals surface area contributed by atoms with Crippen LogP contribution in [0.5, 0.6) is 0 Å². The van der Waals surface area contributed by atoms with Gasteiger partial charge in [0.1, 0.15) is 0 Å². The minimum atomic E-state index is 1.31. The molecule has 6 aromatic carbocycles. The zero-order valence-corrected chi connectivity index (χ0v) is 19.9. The molecule has 0 aliphatic heterocycles. The Bertz CT molecular complexity index is 1390. The molecule has 0 nitrogen and oxygen atoms in total. The van der Waals surface area contributed by atoms with Gasteiger partial charge in [0.15, 0.2) is 0 Å². The summed E-state index contributed by atoms with van der Waals surface area (Å²) in [7, 11) is 0. The Labute approximate surface area is 192 Å². The Balaban J connectivity index is 0.000000141. The summed E-state index contributed by atoms with van der Waals surface area (Å²) in [5.74, 6) is 0. The first-order chi connectivity index (χ1) is 14.6. The van der Waals surface area contributed by atoms with Gasteiger partial charge in [0.05, 0.1) is 0 Å². The van der Waals surface area contributed by atoms with Gasteiger partial charge in [0.2, 0.25) is 0 Å². The van der Waals surface area contributed by atoms with Gasteiger partial charge in [-0.05, 0) is 5.39 Å². The Hall–Kier alpha value is -2.63. The number of hydrogen-bond donors (Lipinski definition) is 0. The molecular formula is C29H24Zr. The third kappa shape index (κ3) is 4.58. The van der Waals surface area contributed by atoms with Gasteiger partial charge < -0.3 is 0 Å². The molecule has 0 saturated heterocycles. The summed E-state index contributed by atoms with van der Waals surface area (Å²) in [6.45, 7) is 4.25. The van der Waals surface area contributed by atoms with Crippen molar-refractivity contribution in [2.24, 2.45) is 0 Å². The summed E-state index contributed by atoms with van der Waals surface area (Å²) < 4.78 is 1.51. The van der Waals surface area contributed by atoms with Crippen LogP contribution in [-0.2, 0) is 24.2 Å². The first-order valence-electron chi connectivity index (χ1n) is 10.2. The van der Waals surface area contributed by atoms with Gasteiger partial charge in [-0.3, -0.25) is 0 Å².